The van der Waals surface area contributed by atoms with Gasteiger partial charge in [0.2, 0.25) is 5.11 Å². The molecule has 6 heteroatoms. The third-order valence-electron chi connectivity index (χ3n) is 3.66. The van der Waals surface area contributed by atoms with Crippen LogP contribution in [0.5, 0.6) is 5.75 Å². The number of ether oxygens (including phenoxy) is 1. The Kier molecular flexibility index (Phi) is 6.49. The summed E-state index contributed by atoms with van der Waals surface area (Å²) < 4.78 is 18.6. The van der Waals surface area contributed by atoms with Crippen LogP contribution in [0, 0.1) is 5.82 Å². The van der Waals surface area contributed by atoms with Gasteiger partial charge in [0.15, 0.2) is 6.21 Å². The average Bonchev–Trinajstić information content (AvgIpc) is 2.69. The Morgan fingerprint density at radius 3 is 2.37 bits per heavy atom. The fourth-order valence-corrected chi connectivity index (χ4v) is 2.45. The van der Waals surface area contributed by atoms with Crippen molar-refractivity contribution in [1.29, 1.82) is 0 Å². The minimum absolute atomic E-state index is 0.252. The summed E-state index contributed by atoms with van der Waals surface area (Å²) in [4.78, 5) is 0. The number of rotatable bonds is 6. The van der Waals surface area contributed by atoms with Gasteiger partial charge in [0.1, 0.15) is 18.2 Å². The number of anilines is 1. The smallest absolute Gasteiger partial charge is 0.228 e. The number of halogens is 1. The summed E-state index contributed by atoms with van der Waals surface area (Å²) in [5.74, 6) is 0.490. The molecule has 0 aliphatic rings. The van der Waals surface area contributed by atoms with E-state index in [0.717, 1.165) is 22.6 Å². The Morgan fingerprint density at radius 1 is 0.963 bits per heavy atom. The predicted octanol–water partition coefficient (Wildman–Crippen LogP) is 2.81. The molecule has 0 fully saturated rings. The Labute approximate surface area is 162 Å². The number of hydrogen-bond acceptors (Lipinski definition) is 2. The first-order valence-electron chi connectivity index (χ1n) is 8.37. The fourth-order valence-electron chi connectivity index (χ4n) is 2.28. The first-order valence-corrected chi connectivity index (χ1v) is 8.78. The molecule has 0 saturated heterocycles. The molecule has 27 heavy (non-hydrogen) atoms. The molecule has 3 aromatic rings. The van der Waals surface area contributed by atoms with Crippen LogP contribution in [0.3, 0.4) is 0 Å². The van der Waals surface area contributed by atoms with Crippen LogP contribution < -0.4 is 20.6 Å². The third kappa shape index (κ3) is 6.20. The van der Waals surface area contributed by atoms with Crippen LogP contribution in [0.15, 0.2) is 78.9 Å². The molecule has 0 amide bonds. The maximum absolute atomic E-state index is 12.9. The second-order valence-electron chi connectivity index (χ2n) is 5.72. The van der Waals surface area contributed by atoms with Crippen molar-refractivity contribution < 1.29 is 14.2 Å². The van der Waals surface area contributed by atoms with Gasteiger partial charge in [0, 0.05) is 11.3 Å². The fraction of sp³-hybridized carbons (Fsp3) is 0.0476. The van der Waals surface area contributed by atoms with E-state index in [2.05, 4.69) is 15.8 Å². The number of hydrogen-bond donors (Lipinski definition) is 3. The van der Waals surface area contributed by atoms with E-state index in [9.17, 15) is 4.39 Å². The Bertz CT molecular complexity index is 897. The molecule has 3 aromatic carbocycles. The molecule has 0 aromatic heterocycles. The van der Waals surface area contributed by atoms with E-state index in [4.69, 9.17) is 17.0 Å². The molecule has 0 radical (unpaired) electrons. The topological polar surface area (TPSA) is 47.3 Å². The number of benzene rings is 3. The van der Waals surface area contributed by atoms with Crippen LogP contribution in [0.4, 0.5) is 10.1 Å². The van der Waals surface area contributed by atoms with Crippen LogP contribution in [-0.2, 0) is 6.61 Å². The summed E-state index contributed by atoms with van der Waals surface area (Å²) in [6.45, 7) is 0.391. The Hall–Kier alpha value is -3.25. The van der Waals surface area contributed by atoms with Gasteiger partial charge in [-0.3, -0.25) is 0 Å². The van der Waals surface area contributed by atoms with Crippen LogP contribution in [0.25, 0.3) is 0 Å². The standard InChI is InChI=1S/C21H18FN3OS/c22-18-10-6-17(7-11-18)15-26-20-12-8-16(9-13-20)14-23-25-21(27)24-19-4-2-1-3-5-19/h1-14H,15H2,(H2,24,25,27)/p+1. The van der Waals surface area contributed by atoms with Crippen molar-refractivity contribution >= 4 is 29.2 Å². The van der Waals surface area contributed by atoms with Gasteiger partial charge < -0.3 is 10.1 Å². The zero-order chi connectivity index (χ0) is 18.9. The summed E-state index contributed by atoms with van der Waals surface area (Å²) in [6, 6.07) is 23.5. The van der Waals surface area contributed by atoms with Crippen molar-refractivity contribution in [2.45, 2.75) is 6.61 Å². The van der Waals surface area contributed by atoms with Gasteiger partial charge in [-0.05, 0) is 66.3 Å². The second-order valence-corrected chi connectivity index (χ2v) is 6.13. The molecule has 0 saturated carbocycles. The van der Waals surface area contributed by atoms with Crippen LogP contribution in [0.2, 0.25) is 0 Å². The third-order valence-corrected chi connectivity index (χ3v) is 3.86. The molecular formula is C21H19FN3OS+. The molecule has 136 valence electrons. The number of nitrogens with one attached hydrogen (secondary N) is 3. The van der Waals surface area contributed by atoms with Crippen LogP contribution in [0.1, 0.15) is 11.1 Å². The van der Waals surface area contributed by atoms with Crippen molar-refractivity contribution in [2.24, 2.45) is 0 Å². The van der Waals surface area contributed by atoms with Crippen molar-refractivity contribution in [1.82, 2.24) is 5.43 Å². The SMILES string of the molecule is Fc1ccc(COc2ccc(C=[NH+]NC(=S)Nc3ccccc3)cc2)cc1. The number of hydrazine groups is 1. The first-order chi connectivity index (χ1) is 13.2. The van der Waals surface area contributed by atoms with Gasteiger partial charge >= 0.3 is 0 Å². The van der Waals surface area contributed by atoms with Gasteiger partial charge in [-0.1, -0.05) is 30.3 Å². The molecule has 3 N–H and O–H groups in total. The van der Waals surface area contributed by atoms with E-state index in [1.165, 1.54) is 12.1 Å². The van der Waals surface area contributed by atoms with E-state index in [0.29, 0.717) is 11.7 Å². The van der Waals surface area contributed by atoms with Gasteiger partial charge in [-0.15, -0.1) is 10.5 Å². The molecule has 0 spiro atoms. The molecule has 3 rings (SSSR count). The molecule has 0 bridgehead atoms. The van der Waals surface area contributed by atoms with E-state index in [1.807, 2.05) is 54.6 Å². The summed E-state index contributed by atoms with van der Waals surface area (Å²) >= 11 is 5.21. The number of para-hydroxylation sites is 1. The number of thiocarbonyl (C=S) groups is 1. The summed E-state index contributed by atoms with van der Waals surface area (Å²) in [5.41, 5.74) is 5.69. The average molecular weight is 380 g/mol. The lowest BCUT2D eigenvalue weighted by atomic mass is 10.2. The molecular weight excluding hydrogens is 361 g/mol. The minimum Gasteiger partial charge on any atom is -0.489 e. The maximum Gasteiger partial charge on any atom is 0.228 e. The quantitative estimate of drug-likeness (QED) is 0.350. The molecule has 0 aliphatic heterocycles. The normalized spacial score (nSPS) is 10.6. The lowest BCUT2D eigenvalue weighted by molar-refractivity contribution is -0.499. The van der Waals surface area contributed by atoms with E-state index >= 15 is 0 Å². The van der Waals surface area contributed by atoms with Gasteiger partial charge in [-0.2, -0.15) is 0 Å². The Morgan fingerprint density at radius 2 is 1.67 bits per heavy atom. The molecule has 0 atom stereocenters. The highest BCUT2D eigenvalue weighted by molar-refractivity contribution is 7.80. The van der Waals surface area contributed by atoms with Gasteiger partial charge in [0.05, 0.1) is 0 Å². The van der Waals surface area contributed by atoms with Crippen molar-refractivity contribution in [3.8, 4) is 5.75 Å². The zero-order valence-electron chi connectivity index (χ0n) is 14.5. The van der Waals surface area contributed by atoms with Crippen LogP contribution >= 0.6 is 12.2 Å². The Balaban J connectivity index is 1.46. The van der Waals surface area contributed by atoms with Gasteiger partial charge in [-0.25, -0.2) is 4.39 Å². The van der Waals surface area contributed by atoms with E-state index < -0.39 is 0 Å². The first kappa shape index (κ1) is 18.5. The highest BCUT2D eigenvalue weighted by atomic mass is 32.1. The van der Waals surface area contributed by atoms with Crippen molar-refractivity contribution in [3.63, 3.8) is 0 Å². The highest BCUT2D eigenvalue weighted by Crippen LogP contribution is 2.13. The predicted molar refractivity (Wildman–Crippen MR) is 109 cm³/mol. The van der Waals surface area contributed by atoms with Crippen molar-refractivity contribution in [2.75, 3.05) is 5.32 Å². The summed E-state index contributed by atoms with van der Waals surface area (Å²) in [5, 5.41) is 6.49. The van der Waals surface area contributed by atoms with Crippen molar-refractivity contribution in [3.05, 3.63) is 95.8 Å². The lowest BCUT2D eigenvalue weighted by Gasteiger charge is -2.06. The zero-order valence-corrected chi connectivity index (χ0v) is 15.3. The molecule has 0 heterocycles. The maximum atomic E-state index is 12.9. The highest BCUT2D eigenvalue weighted by Gasteiger charge is 2.00. The number of hydrazone groups is 1. The monoisotopic (exact) mass is 380 g/mol. The van der Waals surface area contributed by atoms with Gasteiger partial charge in [0.25, 0.3) is 0 Å². The minimum atomic E-state index is -0.252. The second kappa shape index (κ2) is 9.45. The van der Waals surface area contributed by atoms with E-state index in [-0.39, 0.29) is 5.82 Å². The summed E-state index contributed by atoms with van der Waals surface area (Å²) in [7, 11) is 0. The lowest BCUT2D eigenvalue weighted by Crippen LogP contribution is -2.82. The summed E-state index contributed by atoms with van der Waals surface area (Å²) in [6.07, 6.45) is 1.79. The molecule has 0 unspecified atom stereocenters. The largest absolute Gasteiger partial charge is 0.489 e. The van der Waals surface area contributed by atoms with Crippen LogP contribution in [-0.4, -0.2) is 11.3 Å². The molecule has 0 aliphatic carbocycles. The molecule has 4 nitrogen and oxygen atoms in total. The van der Waals surface area contributed by atoms with E-state index in [1.54, 1.807) is 18.3 Å².